The van der Waals surface area contributed by atoms with Crippen LogP contribution in [0.25, 0.3) is 0 Å². The van der Waals surface area contributed by atoms with Crippen LogP contribution in [0.15, 0.2) is 64.8 Å². The number of halogens is 3. The quantitative estimate of drug-likeness (QED) is 0.286. The van der Waals surface area contributed by atoms with Gasteiger partial charge in [-0.05, 0) is 38.5 Å². The molecule has 0 aliphatic carbocycles. The van der Waals surface area contributed by atoms with Crippen LogP contribution in [0.4, 0.5) is 11.4 Å². The second-order valence-corrected chi connectivity index (χ2v) is 7.33. The first-order valence-electron chi connectivity index (χ1n) is 9.49. The minimum Gasteiger partial charge on any atom is -1.00 e. The summed E-state index contributed by atoms with van der Waals surface area (Å²) < 4.78 is 0. The van der Waals surface area contributed by atoms with Crippen molar-refractivity contribution in [2.75, 3.05) is 0 Å². The van der Waals surface area contributed by atoms with E-state index in [4.69, 9.17) is 11.6 Å². The van der Waals surface area contributed by atoms with Crippen molar-refractivity contribution in [3.8, 4) is 0 Å². The van der Waals surface area contributed by atoms with Crippen molar-refractivity contribution in [3.05, 3.63) is 87.7 Å². The predicted octanol–water partition coefficient (Wildman–Crippen LogP) is 1.40. The van der Waals surface area contributed by atoms with Crippen molar-refractivity contribution >= 4 is 34.9 Å². The summed E-state index contributed by atoms with van der Waals surface area (Å²) in [5.41, 5.74) is 8.62. The third kappa shape index (κ3) is 9.44. The number of aryl methyl sites for hydroxylation is 4. The zero-order valence-corrected chi connectivity index (χ0v) is 22.4. The molecule has 3 nitrogen and oxygen atoms in total. The maximum Gasteiger partial charge on any atom is 3.00 e. The minimum atomic E-state index is 0. The molecule has 0 unspecified atom stereocenters. The van der Waals surface area contributed by atoms with Crippen molar-refractivity contribution in [2.45, 2.75) is 41.5 Å². The number of pyridine rings is 1. The van der Waals surface area contributed by atoms with E-state index in [1.807, 2.05) is 51.1 Å². The van der Waals surface area contributed by atoms with Gasteiger partial charge in [0.25, 0.3) is 0 Å². The molecule has 2 aromatic carbocycles. The molecule has 0 saturated heterocycles. The molecule has 0 atom stereocenters. The van der Waals surface area contributed by atoms with Crippen LogP contribution in [0, 0.1) is 27.7 Å². The number of para-hydroxylation sites is 1. The molecule has 0 aliphatic rings. The number of benzene rings is 2. The molecule has 0 amide bonds. The second kappa shape index (κ2) is 16.0. The van der Waals surface area contributed by atoms with Crippen LogP contribution in [0.2, 0.25) is 5.02 Å². The third-order valence-corrected chi connectivity index (χ3v) is 4.71. The smallest absolute Gasteiger partial charge is 1.00 e. The number of hydrogen-bond donors (Lipinski definition) is 0. The average molecular weight is 532 g/mol. The predicted molar refractivity (Wildman–Crippen MR) is 126 cm³/mol. The van der Waals surface area contributed by atoms with Crippen LogP contribution in [-0.2, 0) is 17.1 Å². The summed E-state index contributed by atoms with van der Waals surface area (Å²) in [7, 11) is 0. The zero-order valence-electron chi connectivity index (χ0n) is 19.0. The van der Waals surface area contributed by atoms with Gasteiger partial charge in [-0.3, -0.25) is 9.98 Å². The molecule has 0 saturated carbocycles. The van der Waals surface area contributed by atoms with Crippen molar-refractivity contribution in [3.63, 3.8) is 0 Å². The molecule has 0 bridgehead atoms. The molecule has 1 heterocycles. The molecule has 1 aromatic heterocycles. The van der Waals surface area contributed by atoms with Gasteiger partial charge in [-0.15, -0.1) is 18.1 Å². The SMILES string of the molecule is CC(=Nc1c(C)cccc1Cl)c1cccnc1.C[C-]=Nc1c(C)cc(C)cc1C.[Cl-].[Cl-].[Fe+3]. The number of nitrogens with zero attached hydrogens (tertiary/aromatic N) is 3. The number of rotatable bonds is 3. The summed E-state index contributed by atoms with van der Waals surface area (Å²) in [5, 5.41) is 0.674. The molecule has 32 heavy (non-hydrogen) atoms. The van der Waals surface area contributed by atoms with E-state index in [2.05, 4.69) is 54.1 Å². The Morgan fingerprint density at radius 3 is 2.03 bits per heavy atom. The minimum absolute atomic E-state index is 0. The number of aliphatic imine (C=N–C) groups is 2. The summed E-state index contributed by atoms with van der Waals surface area (Å²) in [4.78, 5) is 12.8. The van der Waals surface area contributed by atoms with Gasteiger partial charge >= 0.3 is 17.1 Å². The molecule has 7 heteroatoms. The first kappa shape index (κ1) is 32.5. The Balaban J connectivity index is 0. The molecule has 0 aliphatic heterocycles. The van der Waals surface area contributed by atoms with E-state index in [9.17, 15) is 0 Å². The number of hydrogen-bond acceptors (Lipinski definition) is 3. The standard InChI is InChI=1S/C14H13ClN2.C11H14N.2ClH.Fe/c1-10-5-3-7-13(15)14(10)17-11(2)12-6-4-8-16-9-12;1-5-12-11-9(3)6-8(2)7-10(11)4;;;/h3-9H,1-2H3;6-7H,1-4H3;2*1H;/q;-1;;;+3/p-2. The molecule has 0 fully saturated rings. The Kier molecular flexibility index (Phi) is 16.3. The van der Waals surface area contributed by atoms with Crippen molar-refractivity contribution in [1.82, 2.24) is 4.98 Å². The fourth-order valence-corrected chi connectivity index (χ4v) is 3.30. The summed E-state index contributed by atoms with van der Waals surface area (Å²) in [6, 6.07) is 13.9. The molecule has 3 rings (SSSR count). The Labute approximate surface area is 220 Å². The van der Waals surface area contributed by atoms with Gasteiger partial charge in [0.2, 0.25) is 0 Å². The van der Waals surface area contributed by atoms with Crippen LogP contribution < -0.4 is 24.8 Å². The van der Waals surface area contributed by atoms with Crippen LogP contribution >= 0.6 is 11.6 Å². The van der Waals surface area contributed by atoms with E-state index in [1.54, 1.807) is 12.4 Å². The summed E-state index contributed by atoms with van der Waals surface area (Å²) in [6.45, 7) is 12.0. The molecule has 0 N–H and O–H groups in total. The van der Waals surface area contributed by atoms with Crippen LogP contribution in [-0.4, -0.2) is 16.9 Å². The molecule has 3 aromatic rings. The Morgan fingerprint density at radius 2 is 1.53 bits per heavy atom. The van der Waals surface area contributed by atoms with Gasteiger partial charge in [0.1, 0.15) is 0 Å². The van der Waals surface area contributed by atoms with Gasteiger partial charge in [0.05, 0.1) is 10.7 Å². The van der Waals surface area contributed by atoms with Crippen molar-refractivity contribution < 1.29 is 41.9 Å². The van der Waals surface area contributed by atoms with E-state index in [0.717, 1.165) is 28.2 Å². The van der Waals surface area contributed by atoms with E-state index in [0.29, 0.717) is 5.02 Å². The molecule has 0 spiro atoms. The summed E-state index contributed by atoms with van der Waals surface area (Å²) >= 11 is 6.14. The average Bonchev–Trinajstić information content (AvgIpc) is 2.69. The zero-order chi connectivity index (χ0) is 21.4. The topological polar surface area (TPSA) is 37.6 Å². The Bertz CT molecular complexity index is 993. The fraction of sp³-hybridized carbons (Fsp3) is 0.240. The molecule has 1 radical (unpaired) electrons. The summed E-state index contributed by atoms with van der Waals surface area (Å²) in [5.74, 6) is 0. The van der Waals surface area contributed by atoms with Gasteiger partial charge in [-0.1, -0.05) is 67.0 Å². The maximum absolute atomic E-state index is 6.14. The first-order chi connectivity index (χ1) is 13.8. The molecular formula is C25H27Cl3FeN3. The number of aromatic nitrogens is 1. The van der Waals surface area contributed by atoms with Gasteiger partial charge in [-0.2, -0.15) is 6.21 Å². The molecule has 171 valence electrons. The van der Waals surface area contributed by atoms with E-state index >= 15 is 0 Å². The largest absolute Gasteiger partial charge is 3.00 e. The third-order valence-electron chi connectivity index (χ3n) is 4.41. The molecular weight excluding hydrogens is 505 g/mol. The van der Waals surface area contributed by atoms with Crippen molar-refractivity contribution in [2.24, 2.45) is 9.98 Å². The van der Waals surface area contributed by atoms with Gasteiger partial charge in [0, 0.05) is 23.7 Å². The first-order valence-corrected chi connectivity index (χ1v) is 9.87. The normalized spacial score (nSPS) is 10.3. The monoisotopic (exact) mass is 530 g/mol. The maximum atomic E-state index is 6.14. The second-order valence-electron chi connectivity index (χ2n) is 6.93. The van der Waals surface area contributed by atoms with Crippen molar-refractivity contribution in [1.29, 1.82) is 0 Å². The van der Waals surface area contributed by atoms with Gasteiger partial charge < -0.3 is 29.8 Å². The van der Waals surface area contributed by atoms with E-state index in [1.165, 1.54) is 16.7 Å². The van der Waals surface area contributed by atoms with Gasteiger partial charge in [-0.25, -0.2) is 0 Å². The fourth-order valence-electron chi connectivity index (χ4n) is 3.03. The Hall–Kier alpha value is -1.68. The van der Waals surface area contributed by atoms with Crippen LogP contribution in [0.1, 0.15) is 41.7 Å². The van der Waals surface area contributed by atoms with E-state index < -0.39 is 0 Å². The summed E-state index contributed by atoms with van der Waals surface area (Å²) in [6.07, 6.45) is 6.35. The van der Waals surface area contributed by atoms with Gasteiger partial charge in [0.15, 0.2) is 0 Å². The Morgan fingerprint density at radius 1 is 0.906 bits per heavy atom. The van der Waals surface area contributed by atoms with E-state index in [-0.39, 0.29) is 41.9 Å². The van der Waals surface area contributed by atoms with Crippen LogP contribution in [0.3, 0.4) is 0 Å². The van der Waals surface area contributed by atoms with Crippen LogP contribution in [0.5, 0.6) is 0 Å².